The molecule has 1 amide bonds. The Hall–Kier alpha value is -0.490. The number of aryl methyl sites for hydroxylation is 1. The van der Waals surface area contributed by atoms with Crippen LogP contribution in [0.1, 0.15) is 41.0 Å². The van der Waals surface area contributed by atoms with Gasteiger partial charge in [0.25, 0.3) is 5.91 Å². The van der Waals surface area contributed by atoms with E-state index in [4.69, 9.17) is 0 Å². The fourth-order valence-corrected chi connectivity index (χ4v) is 3.82. The molecule has 1 heterocycles. The minimum Gasteiger partial charge on any atom is -0.337 e. The van der Waals surface area contributed by atoms with Gasteiger partial charge in [0.1, 0.15) is 4.88 Å². The quantitative estimate of drug-likeness (QED) is 0.788. The third-order valence-corrected chi connectivity index (χ3v) is 5.19. The average Bonchev–Trinajstić information content (AvgIpc) is 2.74. The van der Waals surface area contributed by atoms with Crippen LogP contribution in [0.4, 0.5) is 0 Å². The molecule has 2 rings (SSSR count). The van der Waals surface area contributed by atoms with Gasteiger partial charge < -0.3 is 4.90 Å². The second-order valence-electron chi connectivity index (χ2n) is 4.47. The molecule has 0 aliphatic heterocycles. The van der Waals surface area contributed by atoms with Crippen LogP contribution in [0.5, 0.6) is 0 Å². The molecule has 0 bridgehead atoms. The van der Waals surface area contributed by atoms with Crippen molar-refractivity contribution < 1.29 is 4.79 Å². The molecule has 0 aromatic carbocycles. The van der Waals surface area contributed by atoms with E-state index in [1.165, 1.54) is 24.4 Å². The second-order valence-corrected chi connectivity index (χ2v) is 6.40. The Labute approximate surface area is 114 Å². The highest BCUT2D eigenvalue weighted by Crippen LogP contribution is 2.29. The Balaban J connectivity index is 2.11. The summed E-state index contributed by atoms with van der Waals surface area (Å²) in [6.07, 6.45) is 4.66. The fraction of sp³-hybridized carbons (Fsp3) is 0.727. The van der Waals surface area contributed by atoms with E-state index in [0.717, 1.165) is 18.5 Å². The number of hydrogen-bond acceptors (Lipinski definition) is 4. The number of halogens is 1. The van der Waals surface area contributed by atoms with Gasteiger partial charge in [0.05, 0.1) is 5.69 Å². The molecule has 6 heteroatoms. The molecule has 17 heavy (non-hydrogen) atoms. The summed E-state index contributed by atoms with van der Waals surface area (Å²) in [5.41, 5.74) is 0.730. The zero-order chi connectivity index (χ0) is 12.4. The van der Waals surface area contributed by atoms with Gasteiger partial charge in [-0.1, -0.05) is 33.3 Å². The molecule has 4 nitrogen and oxygen atoms in total. The molecule has 1 aromatic heterocycles. The molecule has 1 aliphatic carbocycles. The molecule has 1 aromatic rings. The molecular formula is C11H16BrN3OS. The summed E-state index contributed by atoms with van der Waals surface area (Å²) >= 11 is 4.87. The number of carbonyl (C=O) groups is 1. The van der Waals surface area contributed by atoms with Gasteiger partial charge in [-0.2, -0.15) is 0 Å². The van der Waals surface area contributed by atoms with Crippen molar-refractivity contribution in [1.29, 1.82) is 0 Å². The first kappa shape index (κ1) is 13.0. The minimum absolute atomic E-state index is 0.0499. The highest BCUT2D eigenvalue weighted by atomic mass is 79.9. The van der Waals surface area contributed by atoms with Crippen molar-refractivity contribution in [3.05, 3.63) is 10.6 Å². The number of hydrogen-bond donors (Lipinski definition) is 0. The first-order valence-electron chi connectivity index (χ1n) is 5.81. The van der Waals surface area contributed by atoms with E-state index in [1.807, 2.05) is 18.9 Å². The van der Waals surface area contributed by atoms with Gasteiger partial charge in [0.15, 0.2) is 0 Å². The fourth-order valence-electron chi connectivity index (χ4n) is 2.24. The third-order valence-electron chi connectivity index (χ3n) is 3.31. The lowest BCUT2D eigenvalue weighted by Crippen LogP contribution is -2.44. The SMILES string of the molecule is Cc1nnsc1C(=O)N(C)C1CCCCC1Br. The molecule has 2 atom stereocenters. The van der Waals surface area contributed by atoms with Crippen LogP contribution in [-0.2, 0) is 0 Å². The highest BCUT2D eigenvalue weighted by molar-refractivity contribution is 9.09. The molecule has 0 saturated heterocycles. The van der Waals surface area contributed by atoms with Crippen LogP contribution in [0.15, 0.2) is 0 Å². The summed E-state index contributed by atoms with van der Waals surface area (Å²) in [4.78, 5) is 15.2. The van der Waals surface area contributed by atoms with Gasteiger partial charge in [-0.25, -0.2) is 0 Å². The maximum Gasteiger partial charge on any atom is 0.267 e. The van der Waals surface area contributed by atoms with Crippen LogP contribution in [0.3, 0.4) is 0 Å². The molecule has 94 valence electrons. The number of nitrogens with zero attached hydrogens (tertiary/aromatic N) is 3. The Kier molecular flexibility index (Phi) is 4.14. The van der Waals surface area contributed by atoms with Gasteiger partial charge >= 0.3 is 0 Å². The number of rotatable bonds is 2. The Morgan fingerprint density at radius 3 is 2.76 bits per heavy atom. The van der Waals surface area contributed by atoms with Crippen molar-refractivity contribution in [3.63, 3.8) is 0 Å². The van der Waals surface area contributed by atoms with Gasteiger partial charge in [0, 0.05) is 17.9 Å². The van der Waals surface area contributed by atoms with E-state index < -0.39 is 0 Å². The van der Waals surface area contributed by atoms with E-state index in [-0.39, 0.29) is 11.9 Å². The molecule has 0 spiro atoms. The standard InChI is InChI=1S/C11H16BrN3OS/c1-7-10(17-14-13-7)11(16)15(2)9-6-4-3-5-8(9)12/h8-9H,3-6H2,1-2H3. The Bertz CT molecular complexity index is 409. The summed E-state index contributed by atoms with van der Waals surface area (Å²) in [5.74, 6) is 0.0499. The van der Waals surface area contributed by atoms with Gasteiger partial charge in [0.2, 0.25) is 0 Å². The van der Waals surface area contributed by atoms with Crippen molar-refractivity contribution >= 4 is 33.4 Å². The van der Waals surface area contributed by atoms with E-state index in [2.05, 4.69) is 25.5 Å². The molecule has 1 saturated carbocycles. The summed E-state index contributed by atoms with van der Waals surface area (Å²) in [7, 11) is 1.88. The normalized spacial score (nSPS) is 24.6. The second kappa shape index (κ2) is 5.44. The predicted molar refractivity (Wildman–Crippen MR) is 71.7 cm³/mol. The number of amides is 1. The summed E-state index contributed by atoms with van der Waals surface area (Å²) < 4.78 is 3.82. The monoisotopic (exact) mass is 317 g/mol. The van der Waals surface area contributed by atoms with Crippen LogP contribution in [0.2, 0.25) is 0 Å². The maximum atomic E-state index is 12.3. The van der Waals surface area contributed by atoms with E-state index in [0.29, 0.717) is 9.70 Å². The van der Waals surface area contributed by atoms with Crippen LogP contribution in [0, 0.1) is 6.92 Å². The topological polar surface area (TPSA) is 46.1 Å². The molecular weight excluding hydrogens is 302 g/mol. The highest BCUT2D eigenvalue weighted by Gasteiger charge is 2.30. The van der Waals surface area contributed by atoms with E-state index in [9.17, 15) is 4.79 Å². The van der Waals surface area contributed by atoms with E-state index >= 15 is 0 Å². The predicted octanol–water partition coefficient (Wildman–Crippen LogP) is 2.62. The number of alkyl halides is 1. The Morgan fingerprint density at radius 1 is 1.47 bits per heavy atom. The molecule has 1 fully saturated rings. The maximum absolute atomic E-state index is 12.3. The van der Waals surface area contributed by atoms with Crippen molar-refractivity contribution in [3.8, 4) is 0 Å². The van der Waals surface area contributed by atoms with Crippen LogP contribution >= 0.6 is 27.5 Å². The lowest BCUT2D eigenvalue weighted by molar-refractivity contribution is 0.0708. The molecule has 1 aliphatic rings. The van der Waals surface area contributed by atoms with Gasteiger partial charge in [-0.15, -0.1) is 5.10 Å². The minimum atomic E-state index is 0.0499. The van der Waals surface area contributed by atoms with Crippen LogP contribution in [0.25, 0.3) is 0 Å². The third kappa shape index (κ3) is 2.68. The number of aromatic nitrogens is 2. The van der Waals surface area contributed by atoms with Crippen molar-refractivity contribution in [2.24, 2.45) is 0 Å². The summed E-state index contributed by atoms with van der Waals surface area (Å²) in [6.45, 7) is 1.83. The first-order chi connectivity index (χ1) is 8.11. The summed E-state index contributed by atoms with van der Waals surface area (Å²) in [5, 5.41) is 3.89. The summed E-state index contributed by atoms with van der Waals surface area (Å²) in [6, 6.07) is 0.290. The van der Waals surface area contributed by atoms with Gasteiger partial charge in [-0.3, -0.25) is 4.79 Å². The van der Waals surface area contributed by atoms with Crippen LogP contribution in [-0.4, -0.2) is 38.3 Å². The molecule has 0 radical (unpaired) electrons. The van der Waals surface area contributed by atoms with E-state index in [1.54, 1.807) is 0 Å². The lowest BCUT2D eigenvalue weighted by Gasteiger charge is -2.34. The van der Waals surface area contributed by atoms with Crippen molar-refractivity contribution in [2.75, 3.05) is 7.05 Å². The first-order valence-corrected chi connectivity index (χ1v) is 7.50. The smallest absolute Gasteiger partial charge is 0.267 e. The molecule has 0 N–H and O–H groups in total. The average molecular weight is 318 g/mol. The zero-order valence-electron chi connectivity index (χ0n) is 10.0. The molecule has 2 unspecified atom stereocenters. The van der Waals surface area contributed by atoms with Crippen molar-refractivity contribution in [1.82, 2.24) is 14.5 Å². The van der Waals surface area contributed by atoms with Crippen LogP contribution < -0.4 is 0 Å². The van der Waals surface area contributed by atoms with Gasteiger partial charge in [-0.05, 0) is 31.3 Å². The zero-order valence-corrected chi connectivity index (χ0v) is 12.4. The lowest BCUT2D eigenvalue weighted by atomic mass is 9.94. The largest absolute Gasteiger partial charge is 0.337 e. The number of carbonyl (C=O) groups excluding carboxylic acids is 1. The Morgan fingerprint density at radius 2 is 2.18 bits per heavy atom. The van der Waals surface area contributed by atoms with Crippen molar-refractivity contribution in [2.45, 2.75) is 43.5 Å².